The lowest BCUT2D eigenvalue weighted by atomic mass is 10.2. The number of benzene rings is 1. The molecule has 0 saturated heterocycles. The molecule has 1 aromatic carbocycles. The predicted octanol–water partition coefficient (Wildman–Crippen LogP) is 0.924. The van der Waals surface area contributed by atoms with Gasteiger partial charge in [0.05, 0.1) is 17.8 Å². The molecule has 5 heteroatoms. The Morgan fingerprint density at radius 3 is 2.84 bits per heavy atom. The molecule has 1 heterocycles. The van der Waals surface area contributed by atoms with Gasteiger partial charge in [0.25, 0.3) is 0 Å². The van der Waals surface area contributed by atoms with E-state index in [9.17, 15) is 4.79 Å². The smallest absolute Gasteiger partial charge is 0.231 e. The highest BCUT2D eigenvalue weighted by atomic mass is 16.1. The number of nitrogens with one attached hydrogen (secondary N) is 1. The summed E-state index contributed by atoms with van der Waals surface area (Å²) in [5.41, 5.74) is 7.47. The molecule has 0 aliphatic carbocycles. The second kappa shape index (κ2) is 5.85. The second-order valence-corrected chi connectivity index (χ2v) is 4.07. The standard InChI is InChI=1S/C14H14N4O/c15-8-11-4-1-2-6-13(11)18-7-3-5-12(18)9-17-10-14(16)19/h1-7,17H,9-10H2,(H2,16,19). The van der Waals surface area contributed by atoms with Crippen LogP contribution in [0.15, 0.2) is 42.6 Å². The highest BCUT2D eigenvalue weighted by Gasteiger charge is 2.07. The Morgan fingerprint density at radius 2 is 2.11 bits per heavy atom. The molecular formula is C14H14N4O. The fourth-order valence-electron chi connectivity index (χ4n) is 1.89. The number of amides is 1. The van der Waals surface area contributed by atoms with Gasteiger partial charge in [0.2, 0.25) is 5.91 Å². The first-order valence-electron chi connectivity index (χ1n) is 5.87. The molecule has 0 atom stereocenters. The zero-order valence-electron chi connectivity index (χ0n) is 10.3. The van der Waals surface area contributed by atoms with Crippen molar-refractivity contribution in [1.29, 1.82) is 5.26 Å². The van der Waals surface area contributed by atoms with Crippen LogP contribution in [0.1, 0.15) is 11.3 Å². The van der Waals surface area contributed by atoms with Crippen LogP contribution in [0.5, 0.6) is 0 Å². The van der Waals surface area contributed by atoms with Crippen molar-refractivity contribution >= 4 is 5.91 Å². The summed E-state index contributed by atoms with van der Waals surface area (Å²) in [4.78, 5) is 10.7. The molecule has 2 aromatic rings. The molecule has 1 aromatic heterocycles. The first-order valence-corrected chi connectivity index (χ1v) is 5.87. The number of hydrogen-bond donors (Lipinski definition) is 2. The number of hydrogen-bond acceptors (Lipinski definition) is 3. The van der Waals surface area contributed by atoms with Gasteiger partial charge in [-0.2, -0.15) is 5.26 Å². The van der Waals surface area contributed by atoms with Gasteiger partial charge < -0.3 is 15.6 Å². The van der Waals surface area contributed by atoms with Crippen molar-refractivity contribution in [3.63, 3.8) is 0 Å². The highest BCUT2D eigenvalue weighted by Crippen LogP contribution is 2.16. The van der Waals surface area contributed by atoms with Gasteiger partial charge in [-0.15, -0.1) is 0 Å². The van der Waals surface area contributed by atoms with Crippen molar-refractivity contribution in [2.24, 2.45) is 5.73 Å². The number of carbonyl (C=O) groups excluding carboxylic acids is 1. The lowest BCUT2D eigenvalue weighted by Crippen LogP contribution is -2.28. The molecule has 2 rings (SSSR count). The zero-order valence-corrected chi connectivity index (χ0v) is 10.3. The summed E-state index contributed by atoms with van der Waals surface area (Å²) in [6.45, 7) is 0.640. The average molecular weight is 254 g/mol. The summed E-state index contributed by atoms with van der Waals surface area (Å²) in [7, 11) is 0. The van der Waals surface area contributed by atoms with Crippen LogP contribution in [-0.2, 0) is 11.3 Å². The third-order valence-corrected chi connectivity index (χ3v) is 2.72. The van der Waals surface area contributed by atoms with E-state index in [1.807, 2.05) is 41.1 Å². The summed E-state index contributed by atoms with van der Waals surface area (Å²) in [6.07, 6.45) is 1.89. The van der Waals surface area contributed by atoms with Crippen LogP contribution in [-0.4, -0.2) is 17.0 Å². The van der Waals surface area contributed by atoms with Gasteiger partial charge in [0.15, 0.2) is 0 Å². The molecule has 0 bridgehead atoms. The Labute approximate surface area is 111 Å². The molecule has 1 amide bonds. The van der Waals surface area contributed by atoms with Gasteiger partial charge in [-0.05, 0) is 24.3 Å². The van der Waals surface area contributed by atoms with Crippen molar-refractivity contribution < 1.29 is 4.79 Å². The Bertz CT molecular complexity index is 624. The number of para-hydroxylation sites is 1. The van der Waals surface area contributed by atoms with Crippen molar-refractivity contribution in [3.8, 4) is 11.8 Å². The van der Waals surface area contributed by atoms with Gasteiger partial charge in [0, 0.05) is 18.4 Å². The molecule has 96 valence electrons. The van der Waals surface area contributed by atoms with E-state index in [1.165, 1.54) is 0 Å². The topological polar surface area (TPSA) is 83.8 Å². The third-order valence-electron chi connectivity index (χ3n) is 2.72. The van der Waals surface area contributed by atoms with Crippen LogP contribution >= 0.6 is 0 Å². The maximum atomic E-state index is 10.7. The molecule has 0 aliphatic rings. The lowest BCUT2D eigenvalue weighted by Gasteiger charge is -2.11. The number of rotatable bonds is 5. The molecule has 0 unspecified atom stereocenters. The minimum absolute atomic E-state index is 0.130. The molecule has 0 radical (unpaired) electrons. The number of nitriles is 1. The van der Waals surface area contributed by atoms with Gasteiger partial charge >= 0.3 is 0 Å². The Balaban J connectivity index is 2.24. The summed E-state index contributed by atoms with van der Waals surface area (Å²) in [5, 5.41) is 12.1. The summed E-state index contributed by atoms with van der Waals surface area (Å²) in [5.74, 6) is -0.393. The highest BCUT2D eigenvalue weighted by molar-refractivity contribution is 5.75. The van der Waals surface area contributed by atoms with Crippen LogP contribution in [0.2, 0.25) is 0 Å². The number of nitrogens with zero attached hydrogens (tertiary/aromatic N) is 2. The van der Waals surface area contributed by atoms with Gasteiger partial charge in [-0.1, -0.05) is 12.1 Å². The summed E-state index contributed by atoms with van der Waals surface area (Å²) in [6, 6.07) is 13.4. The summed E-state index contributed by atoms with van der Waals surface area (Å²) >= 11 is 0. The van der Waals surface area contributed by atoms with E-state index < -0.39 is 5.91 Å². The van der Waals surface area contributed by atoms with Crippen LogP contribution in [0, 0.1) is 11.3 Å². The molecule has 0 fully saturated rings. The van der Waals surface area contributed by atoms with E-state index in [0.29, 0.717) is 12.1 Å². The van der Waals surface area contributed by atoms with E-state index in [4.69, 9.17) is 11.0 Å². The van der Waals surface area contributed by atoms with Crippen LogP contribution in [0.3, 0.4) is 0 Å². The van der Waals surface area contributed by atoms with Gasteiger partial charge in [0.1, 0.15) is 6.07 Å². The Morgan fingerprint density at radius 1 is 1.32 bits per heavy atom. The summed E-state index contributed by atoms with van der Waals surface area (Å²) < 4.78 is 1.92. The zero-order chi connectivity index (χ0) is 13.7. The lowest BCUT2D eigenvalue weighted by molar-refractivity contribution is -0.117. The Hall–Kier alpha value is -2.58. The first-order chi connectivity index (χ1) is 9.22. The van der Waals surface area contributed by atoms with E-state index >= 15 is 0 Å². The fraction of sp³-hybridized carbons (Fsp3) is 0.143. The van der Waals surface area contributed by atoms with Gasteiger partial charge in [-0.25, -0.2) is 0 Å². The second-order valence-electron chi connectivity index (χ2n) is 4.07. The van der Waals surface area contributed by atoms with Crippen molar-refractivity contribution in [3.05, 3.63) is 53.9 Å². The molecule has 5 nitrogen and oxygen atoms in total. The number of carbonyl (C=O) groups is 1. The first kappa shape index (κ1) is 12.9. The maximum absolute atomic E-state index is 10.7. The molecule has 0 spiro atoms. The van der Waals surface area contributed by atoms with E-state index in [2.05, 4.69) is 11.4 Å². The van der Waals surface area contributed by atoms with Crippen molar-refractivity contribution in [1.82, 2.24) is 9.88 Å². The van der Waals surface area contributed by atoms with Crippen LogP contribution in [0.25, 0.3) is 5.69 Å². The number of aromatic nitrogens is 1. The minimum Gasteiger partial charge on any atom is -0.369 e. The number of primary amides is 1. The molecule has 0 aliphatic heterocycles. The van der Waals surface area contributed by atoms with Crippen molar-refractivity contribution in [2.75, 3.05) is 6.54 Å². The van der Waals surface area contributed by atoms with E-state index in [1.54, 1.807) is 6.07 Å². The van der Waals surface area contributed by atoms with Crippen molar-refractivity contribution in [2.45, 2.75) is 6.54 Å². The SMILES string of the molecule is N#Cc1ccccc1-n1cccc1CNCC(N)=O. The number of nitrogens with two attached hydrogens (primary N) is 1. The third kappa shape index (κ3) is 3.00. The minimum atomic E-state index is -0.393. The molecular weight excluding hydrogens is 240 g/mol. The predicted molar refractivity (Wildman–Crippen MR) is 71.4 cm³/mol. The quantitative estimate of drug-likeness (QED) is 0.832. The van der Waals surface area contributed by atoms with Crippen LogP contribution < -0.4 is 11.1 Å². The molecule has 19 heavy (non-hydrogen) atoms. The molecule has 3 N–H and O–H groups in total. The van der Waals surface area contributed by atoms with E-state index in [0.717, 1.165) is 11.4 Å². The fourth-order valence-corrected chi connectivity index (χ4v) is 1.89. The molecule has 0 saturated carbocycles. The van der Waals surface area contributed by atoms with Gasteiger partial charge in [-0.3, -0.25) is 4.79 Å². The maximum Gasteiger partial charge on any atom is 0.231 e. The normalized spacial score (nSPS) is 10.1. The monoisotopic (exact) mass is 254 g/mol. The largest absolute Gasteiger partial charge is 0.369 e. The average Bonchev–Trinajstić information content (AvgIpc) is 2.86. The Kier molecular flexibility index (Phi) is 3.96. The van der Waals surface area contributed by atoms with Crippen LogP contribution in [0.4, 0.5) is 0 Å². The van der Waals surface area contributed by atoms with E-state index in [-0.39, 0.29) is 6.54 Å².